The maximum absolute atomic E-state index is 13.5. The summed E-state index contributed by atoms with van der Waals surface area (Å²) in [4.78, 5) is 28.6. The first-order valence-electron chi connectivity index (χ1n) is 10.8. The minimum atomic E-state index is -0.335. The molecule has 2 aromatic rings. The van der Waals surface area contributed by atoms with Crippen LogP contribution in [0.1, 0.15) is 30.6 Å². The normalized spacial score (nSPS) is 27.4. The van der Waals surface area contributed by atoms with E-state index in [4.69, 9.17) is 0 Å². The van der Waals surface area contributed by atoms with E-state index in [2.05, 4.69) is 42.6 Å². The molecule has 0 radical (unpaired) electrons. The molecule has 1 amide bonds. The molecule has 3 aliphatic rings. The van der Waals surface area contributed by atoms with Gasteiger partial charge in [0.2, 0.25) is 11.9 Å². The summed E-state index contributed by atoms with van der Waals surface area (Å²) >= 11 is 1.82. The average Bonchev–Trinajstić information content (AvgIpc) is 3.36. The quantitative estimate of drug-likeness (QED) is 0.792. The number of carbonyl (C=O) groups excluding carboxylic acids is 1. The van der Waals surface area contributed by atoms with E-state index < -0.39 is 0 Å². The number of anilines is 1. The fraction of sp³-hybridized carbons (Fsp3) is 0.591. The molecular weight excluding hydrogens is 382 g/mol. The molecule has 5 rings (SSSR count). The molecule has 2 atom stereocenters. The summed E-state index contributed by atoms with van der Waals surface area (Å²) < 4.78 is 0. The molecule has 3 fully saturated rings. The van der Waals surface area contributed by atoms with Gasteiger partial charge in [-0.3, -0.25) is 9.69 Å². The molecule has 0 bridgehead atoms. The highest BCUT2D eigenvalue weighted by molar-refractivity contribution is 7.09. The van der Waals surface area contributed by atoms with Gasteiger partial charge in [0.15, 0.2) is 0 Å². The Labute approximate surface area is 176 Å². The first-order valence-corrected chi connectivity index (χ1v) is 11.7. The van der Waals surface area contributed by atoms with Crippen molar-refractivity contribution in [3.8, 4) is 0 Å². The Bertz CT molecular complexity index is 825. The summed E-state index contributed by atoms with van der Waals surface area (Å²) in [5, 5.41) is 5.46. The van der Waals surface area contributed by atoms with Crippen LogP contribution in [0.25, 0.3) is 0 Å². The van der Waals surface area contributed by atoms with Crippen LogP contribution in [0.2, 0.25) is 0 Å². The molecular formula is C22H29N5OS. The van der Waals surface area contributed by atoms with Crippen LogP contribution in [-0.2, 0) is 11.3 Å². The van der Waals surface area contributed by atoms with Crippen LogP contribution in [0.5, 0.6) is 0 Å². The SMILES string of the molecule is O=C(NCC1CC1)[C@@]12CCCN(Cc3cccs3)C[C@H]1CN(c1ncccn1)C2. The number of nitrogens with one attached hydrogen (secondary N) is 1. The van der Waals surface area contributed by atoms with E-state index in [0.717, 1.165) is 58.1 Å². The van der Waals surface area contributed by atoms with Gasteiger partial charge in [0.05, 0.1) is 5.41 Å². The number of nitrogens with zero attached hydrogens (tertiary/aromatic N) is 4. The minimum Gasteiger partial charge on any atom is -0.355 e. The molecule has 154 valence electrons. The van der Waals surface area contributed by atoms with Crippen molar-refractivity contribution >= 4 is 23.2 Å². The molecule has 0 unspecified atom stereocenters. The van der Waals surface area contributed by atoms with Crippen molar-refractivity contribution in [1.29, 1.82) is 0 Å². The number of fused-ring (bicyclic) bond motifs is 1. The molecule has 2 aromatic heterocycles. The van der Waals surface area contributed by atoms with Gasteiger partial charge in [-0.2, -0.15) is 0 Å². The number of thiophene rings is 1. The van der Waals surface area contributed by atoms with Gasteiger partial charge in [0.25, 0.3) is 0 Å². The highest BCUT2D eigenvalue weighted by Gasteiger charge is 2.53. The van der Waals surface area contributed by atoms with E-state index in [9.17, 15) is 4.79 Å². The lowest BCUT2D eigenvalue weighted by atomic mass is 9.74. The lowest BCUT2D eigenvalue weighted by molar-refractivity contribution is -0.132. The summed E-state index contributed by atoms with van der Waals surface area (Å²) in [6.07, 6.45) is 8.10. The molecule has 7 heteroatoms. The van der Waals surface area contributed by atoms with Gasteiger partial charge in [0.1, 0.15) is 0 Å². The number of amides is 1. The monoisotopic (exact) mass is 411 g/mol. The predicted molar refractivity (Wildman–Crippen MR) is 115 cm³/mol. The van der Waals surface area contributed by atoms with Gasteiger partial charge in [0, 0.05) is 55.9 Å². The number of rotatable bonds is 6. The van der Waals surface area contributed by atoms with Crippen LogP contribution in [0.3, 0.4) is 0 Å². The molecule has 0 aromatic carbocycles. The Hall–Kier alpha value is -1.99. The van der Waals surface area contributed by atoms with Gasteiger partial charge in [-0.25, -0.2) is 9.97 Å². The maximum Gasteiger partial charge on any atom is 0.228 e. The lowest BCUT2D eigenvalue weighted by Crippen LogP contribution is -2.48. The van der Waals surface area contributed by atoms with Gasteiger partial charge < -0.3 is 10.2 Å². The average molecular weight is 412 g/mol. The topological polar surface area (TPSA) is 61.4 Å². The number of carbonyl (C=O) groups is 1. The highest BCUT2D eigenvalue weighted by atomic mass is 32.1. The number of aromatic nitrogens is 2. The third-order valence-corrected chi connectivity index (χ3v) is 7.63. The molecule has 0 spiro atoms. The van der Waals surface area contributed by atoms with Crippen molar-refractivity contribution < 1.29 is 4.79 Å². The Balaban J connectivity index is 1.37. The number of hydrogen-bond acceptors (Lipinski definition) is 6. The zero-order chi connectivity index (χ0) is 19.7. The molecule has 4 heterocycles. The minimum absolute atomic E-state index is 0.255. The predicted octanol–water partition coefficient (Wildman–Crippen LogP) is 2.78. The lowest BCUT2D eigenvalue weighted by Gasteiger charge is -2.32. The molecule has 1 saturated carbocycles. The molecule has 1 N–H and O–H groups in total. The van der Waals surface area contributed by atoms with Crippen LogP contribution in [0.4, 0.5) is 5.95 Å². The highest BCUT2D eigenvalue weighted by Crippen LogP contribution is 2.44. The van der Waals surface area contributed by atoms with Gasteiger partial charge in [-0.1, -0.05) is 6.07 Å². The fourth-order valence-electron chi connectivity index (χ4n) is 4.99. The third kappa shape index (κ3) is 4.03. The first kappa shape index (κ1) is 19.0. The summed E-state index contributed by atoms with van der Waals surface area (Å²) in [6, 6.07) is 6.18. The van der Waals surface area contributed by atoms with E-state index in [1.807, 2.05) is 17.4 Å². The van der Waals surface area contributed by atoms with Crippen molar-refractivity contribution in [3.63, 3.8) is 0 Å². The van der Waals surface area contributed by atoms with Crippen molar-refractivity contribution in [1.82, 2.24) is 20.2 Å². The third-order valence-electron chi connectivity index (χ3n) is 6.77. The van der Waals surface area contributed by atoms with Crippen molar-refractivity contribution in [3.05, 3.63) is 40.8 Å². The van der Waals surface area contributed by atoms with E-state index in [1.165, 1.54) is 17.7 Å². The molecule has 2 aliphatic heterocycles. The summed E-state index contributed by atoms with van der Waals surface area (Å²) in [5.74, 6) is 2.00. The van der Waals surface area contributed by atoms with Crippen LogP contribution in [-0.4, -0.2) is 53.5 Å². The van der Waals surface area contributed by atoms with E-state index >= 15 is 0 Å². The largest absolute Gasteiger partial charge is 0.355 e. The second-order valence-electron chi connectivity index (χ2n) is 8.85. The number of likely N-dealkylation sites (tertiary alicyclic amines) is 1. The van der Waals surface area contributed by atoms with E-state index in [1.54, 1.807) is 12.4 Å². The second kappa shape index (κ2) is 8.03. The summed E-state index contributed by atoms with van der Waals surface area (Å²) in [7, 11) is 0. The van der Waals surface area contributed by atoms with Crippen LogP contribution < -0.4 is 10.2 Å². The zero-order valence-corrected chi connectivity index (χ0v) is 17.6. The Morgan fingerprint density at radius 1 is 1.24 bits per heavy atom. The maximum atomic E-state index is 13.5. The summed E-state index contributed by atoms with van der Waals surface area (Å²) in [5.41, 5.74) is -0.335. The second-order valence-corrected chi connectivity index (χ2v) is 9.89. The van der Waals surface area contributed by atoms with Gasteiger partial charge in [-0.05, 0) is 55.7 Å². The van der Waals surface area contributed by atoms with E-state index in [-0.39, 0.29) is 11.3 Å². The van der Waals surface area contributed by atoms with Crippen LogP contribution in [0.15, 0.2) is 36.0 Å². The number of hydrogen-bond donors (Lipinski definition) is 1. The smallest absolute Gasteiger partial charge is 0.228 e. The van der Waals surface area contributed by atoms with Crippen molar-refractivity contribution in [2.24, 2.45) is 17.3 Å². The zero-order valence-electron chi connectivity index (χ0n) is 16.8. The summed E-state index contributed by atoms with van der Waals surface area (Å²) in [6.45, 7) is 5.42. The molecule has 1 aliphatic carbocycles. The molecule has 2 saturated heterocycles. The van der Waals surface area contributed by atoms with Crippen molar-refractivity contribution in [2.45, 2.75) is 32.2 Å². The Kier molecular flexibility index (Phi) is 5.26. The van der Waals surface area contributed by atoms with Gasteiger partial charge >= 0.3 is 0 Å². The van der Waals surface area contributed by atoms with Crippen LogP contribution in [0, 0.1) is 17.3 Å². The van der Waals surface area contributed by atoms with Crippen LogP contribution >= 0.6 is 11.3 Å². The Morgan fingerprint density at radius 3 is 2.86 bits per heavy atom. The first-order chi connectivity index (χ1) is 14.2. The molecule has 6 nitrogen and oxygen atoms in total. The van der Waals surface area contributed by atoms with Gasteiger partial charge in [-0.15, -0.1) is 11.3 Å². The van der Waals surface area contributed by atoms with Crippen molar-refractivity contribution in [2.75, 3.05) is 37.6 Å². The standard InChI is InChI=1S/C22H29N5OS/c28-20(25-12-17-5-6-17)22-7-2-10-26(15-19-4-1-11-29-19)13-18(22)14-27(16-22)21-23-8-3-9-24-21/h1,3-4,8-9,11,17-18H,2,5-7,10,12-16H2,(H,25,28)/t18-,22+/m0/s1. The van der Waals surface area contributed by atoms with E-state index in [0.29, 0.717) is 11.8 Å². The fourth-order valence-corrected chi connectivity index (χ4v) is 5.74. The Morgan fingerprint density at radius 2 is 2.10 bits per heavy atom. The molecule has 29 heavy (non-hydrogen) atoms.